The van der Waals surface area contributed by atoms with E-state index in [2.05, 4.69) is 109 Å². The molecule has 0 aromatic heterocycles. The van der Waals surface area contributed by atoms with Gasteiger partial charge >= 0.3 is 0 Å². The second kappa shape index (κ2) is 6.21. The lowest BCUT2D eigenvalue weighted by Gasteiger charge is -2.23. The predicted molar refractivity (Wildman–Crippen MR) is 104 cm³/mol. The van der Waals surface area contributed by atoms with Gasteiger partial charge in [-0.15, -0.1) is 0 Å². The van der Waals surface area contributed by atoms with E-state index < -0.39 is 0 Å². The van der Waals surface area contributed by atoms with Crippen LogP contribution < -0.4 is 4.90 Å². The predicted octanol–water partition coefficient (Wildman–Crippen LogP) is 6.27. The van der Waals surface area contributed by atoms with E-state index in [9.17, 15) is 0 Å². The molecular formula is C23H19N. The SMILES string of the molecule is CN(c1ccc2ccccc2c1)c1ccccc1-c1ccccc1. The largest absolute Gasteiger partial charge is 0.344 e. The summed E-state index contributed by atoms with van der Waals surface area (Å²) < 4.78 is 0. The van der Waals surface area contributed by atoms with Crippen molar-refractivity contribution in [2.75, 3.05) is 11.9 Å². The first-order valence-corrected chi connectivity index (χ1v) is 8.20. The van der Waals surface area contributed by atoms with Crippen LogP contribution in [-0.2, 0) is 0 Å². The Balaban J connectivity index is 1.80. The van der Waals surface area contributed by atoms with Gasteiger partial charge in [-0.25, -0.2) is 0 Å². The zero-order chi connectivity index (χ0) is 16.4. The van der Waals surface area contributed by atoms with Crippen molar-refractivity contribution < 1.29 is 0 Å². The molecule has 0 bridgehead atoms. The normalized spacial score (nSPS) is 10.7. The molecule has 0 saturated carbocycles. The Morgan fingerprint density at radius 1 is 0.583 bits per heavy atom. The van der Waals surface area contributed by atoms with Gasteiger partial charge in [0.1, 0.15) is 0 Å². The summed E-state index contributed by atoms with van der Waals surface area (Å²) in [7, 11) is 2.13. The Bertz CT molecular complexity index is 973. The minimum atomic E-state index is 1.19. The van der Waals surface area contributed by atoms with Crippen LogP contribution in [0.15, 0.2) is 97.1 Å². The minimum absolute atomic E-state index is 1.19. The van der Waals surface area contributed by atoms with Crippen LogP contribution >= 0.6 is 0 Å². The molecule has 0 spiro atoms. The smallest absolute Gasteiger partial charge is 0.0487 e. The Labute approximate surface area is 142 Å². The molecule has 0 amide bonds. The van der Waals surface area contributed by atoms with E-state index in [1.165, 1.54) is 33.3 Å². The molecular weight excluding hydrogens is 290 g/mol. The number of benzene rings is 4. The van der Waals surface area contributed by atoms with Crippen molar-refractivity contribution in [2.45, 2.75) is 0 Å². The summed E-state index contributed by atoms with van der Waals surface area (Å²) in [6.07, 6.45) is 0. The highest BCUT2D eigenvalue weighted by molar-refractivity contribution is 5.89. The van der Waals surface area contributed by atoms with Crippen LogP contribution in [0.4, 0.5) is 11.4 Å². The van der Waals surface area contributed by atoms with E-state index in [0.29, 0.717) is 0 Å². The Morgan fingerprint density at radius 2 is 1.25 bits per heavy atom. The van der Waals surface area contributed by atoms with Crippen molar-refractivity contribution >= 4 is 22.1 Å². The summed E-state index contributed by atoms with van der Waals surface area (Å²) in [5, 5.41) is 2.53. The van der Waals surface area contributed by atoms with Gasteiger partial charge < -0.3 is 4.90 Å². The summed E-state index contributed by atoms with van der Waals surface area (Å²) in [5.41, 5.74) is 4.88. The number of nitrogens with zero attached hydrogens (tertiary/aromatic N) is 1. The monoisotopic (exact) mass is 309 g/mol. The second-order valence-corrected chi connectivity index (χ2v) is 5.97. The van der Waals surface area contributed by atoms with Gasteiger partial charge in [0, 0.05) is 24.0 Å². The summed E-state index contributed by atoms with van der Waals surface area (Å²) in [5.74, 6) is 0. The molecule has 0 heterocycles. The number of rotatable bonds is 3. The van der Waals surface area contributed by atoms with Gasteiger partial charge in [-0.2, -0.15) is 0 Å². The molecule has 116 valence electrons. The van der Waals surface area contributed by atoms with Crippen LogP contribution in [-0.4, -0.2) is 7.05 Å². The molecule has 0 radical (unpaired) electrons. The average molecular weight is 309 g/mol. The fourth-order valence-electron chi connectivity index (χ4n) is 3.15. The highest BCUT2D eigenvalue weighted by Crippen LogP contribution is 2.34. The Kier molecular flexibility index (Phi) is 3.76. The molecule has 4 aromatic carbocycles. The van der Waals surface area contributed by atoms with Crippen molar-refractivity contribution in [3.63, 3.8) is 0 Å². The molecule has 0 aliphatic heterocycles. The summed E-state index contributed by atoms with van der Waals surface area (Å²) >= 11 is 0. The third kappa shape index (κ3) is 2.65. The zero-order valence-corrected chi connectivity index (χ0v) is 13.7. The molecule has 0 unspecified atom stereocenters. The topological polar surface area (TPSA) is 3.24 Å². The lowest BCUT2D eigenvalue weighted by Crippen LogP contribution is -2.10. The molecule has 0 aliphatic rings. The van der Waals surface area contributed by atoms with Gasteiger partial charge in [0.15, 0.2) is 0 Å². The number of hydrogen-bond donors (Lipinski definition) is 0. The fourth-order valence-corrected chi connectivity index (χ4v) is 3.15. The molecule has 0 N–H and O–H groups in total. The number of fused-ring (bicyclic) bond motifs is 1. The summed E-state index contributed by atoms with van der Waals surface area (Å²) in [4.78, 5) is 2.26. The van der Waals surface area contributed by atoms with Crippen molar-refractivity contribution in [1.82, 2.24) is 0 Å². The summed E-state index contributed by atoms with van der Waals surface area (Å²) in [6, 6.07) is 34.2. The van der Waals surface area contributed by atoms with Crippen molar-refractivity contribution in [2.24, 2.45) is 0 Å². The van der Waals surface area contributed by atoms with Crippen LogP contribution in [0.2, 0.25) is 0 Å². The summed E-state index contributed by atoms with van der Waals surface area (Å²) in [6.45, 7) is 0. The van der Waals surface area contributed by atoms with Crippen LogP contribution in [0.1, 0.15) is 0 Å². The molecule has 24 heavy (non-hydrogen) atoms. The van der Waals surface area contributed by atoms with Gasteiger partial charge in [0.25, 0.3) is 0 Å². The van der Waals surface area contributed by atoms with E-state index in [1.807, 2.05) is 0 Å². The maximum atomic E-state index is 2.26. The van der Waals surface area contributed by atoms with E-state index in [4.69, 9.17) is 0 Å². The van der Waals surface area contributed by atoms with Crippen molar-refractivity contribution in [1.29, 1.82) is 0 Å². The molecule has 0 fully saturated rings. The van der Waals surface area contributed by atoms with Crippen LogP contribution in [0.3, 0.4) is 0 Å². The molecule has 0 atom stereocenters. The Morgan fingerprint density at radius 3 is 2.08 bits per heavy atom. The highest BCUT2D eigenvalue weighted by Gasteiger charge is 2.10. The standard InChI is InChI=1S/C23H19N/c1-24(21-16-15-18-9-5-6-12-20(18)17-21)23-14-8-7-13-22(23)19-10-3-2-4-11-19/h2-17H,1H3. The first-order valence-electron chi connectivity index (χ1n) is 8.20. The average Bonchev–Trinajstić information content (AvgIpc) is 2.68. The number of para-hydroxylation sites is 1. The zero-order valence-electron chi connectivity index (χ0n) is 13.7. The quantitative estimate of drug-likeness (QED) is 0.431. The lowest BCUT2D eigenvalue weighted by molar-refractivity contribution is 1.21. The highest BCUT2D eigenvalue weighted by atomic mass is 15.1. The van der Waals surface area contributed by atoms with Crippen molar-refractivity contribution in [3.05, 3.63) is 97.1 Å². The third-order valence-corrected chi connectivity index (χ3v) is 4.47. The minimum Gasteiger partial charge on any atom is -0.344 e. The van der Waals surface area contributed by atoms with E-state index in [1.54, 1.807) is 0 Å². The van der Waals surface area contributed by atoms with Crippen LogP contribution in [0, 0.1) is 0 Å². The molecule has 0 saturated heterocycles. The molecule has 0 aliphatic carbocycles. The van der Waals surface area contributed by atoms with Gasteiger partial charge in [0.05, 0.1) is 0 Å². The van der Waals surface area contributed by atoms with Crippen LogP contribution in [0.5, 0.6) is 0 Å². The Hall–Kier alpha value is -3.06. The van der Waals surface area contributed by atoms with Crippen LogP contribution in [0.25, 0.3) is 21.9 Å². The van der Waals surface area contributed by atoms with Gasteiger partial charge in [-0.05, 0) is 34.5 Å². The van der Waals surface area contributed by atoms with Gasteiger partial charge in [-0.3, -0.25) is 0 Å². The van der Waals surface area contributed by atoms with E-state index in [-0.39, 0.29) is 0 Å². The second-order valence-electron chi connectivity index (χ2n) is 5.97. The maximum Gasteiger partial charge on any atom is 0.0487 e. The first-order chi connectivity index (χ1) is 11.8. The maximum absolute atomic E-state index is 2.26. The van der Waals surface area contributed by atoms with Gasteiger partial charge in [-0.1, -0.05) is 78.9 Å². The van der Waals surface area contributed by atoms with Crippen molar-refractivity contribution in [3.8, 4) is 11.1 Å². The lowest BCUT2D eigenvalue weighted by atomic mass is 10.0. The first kappa shape index (κ1) is 14.5. The number of hydrogen-bond acceptors (Lipinski definition) is 1. The van der Waals surface area contributed by atoms with E-state index >= 15 is 0 Å². The third-order valence-electron chi connectivity index (χ3n) is 4.47. The fraction of sp³-hybridized carbons (Fsp3) is 0.0435. The van der Waals surface area contributed by atoms with Gasteiger partial charge in [0.2, 0.25) is 0 Å². The molecule has 1 nitrogen and oxygen atoms in total. The van der Waals surface area contributed by atoms with E-state index in [0.717, 1.165) is 0 Å². The molecule has 4 aromatic rings. The molecule has 1 heteroatoms. The molecule has 4 rings (SSSR count). The number of anilines is 2.